The first-order valence-corrected chi connectivity index (χ1v) is 13.2. The summed E-state index contributed by atoms with van der Waals surface area (Å²) in [4.78, 5) is 25.3. The van der Waals surface area contributed by atoms with Gasteiger partial charge in [-0.2, -0.15) is 5.10 Å². The van der Waals surface area contributed by atoms with Crippen molar-refractivity contribution in [3.63, 3.8) is 0 Å². The number of halogens is 2. The van der Waals surface area contributed by atoms with E-state index in [4.69, 9.17) is 9.97 Å². The molecule has 0 bridgehead atoms. The lowest BCUT2D eigenvalue weighted by Crippen LogP contribution is -2.50. The molecular weight excluding hydrogens is 520 g/mol. The molecule has 0 aliphatic heterocycles. The molecule has 2 aromatic carbocycles. The third-order valence-electron chi connectivity index (χ3n) is 6.83. The molecule has 8 nitrogen and oxygen atoms in total. The van der Waals surface area contributed by atoms with Gasteiger partial charge in [0.15, 0.2) is 11.6 Å². The van der Waals surface area contributed by atoms with Crippen molar-refractivity contribution in [1.29, 1.82) is 0 Å². The molecule has 1 saturated carbocycles. The molecule has 1 aliphatic carbocycles. The fraction of sp³-hybridized carbons (Fsp3) is 0.143. The number of H-pyrrole nitrogens is 2. The first-order valence-electron chi connectivity index (χ1n) is 12.3. The molecule has 11 heteroatoms. The minimum absolute atomic E-state index is 0.323. The van der Waals surface area contributed by atoms with E-state index in [1.165, 1.54) is 0 Å². The third kappa shape index (κ3) is 4.50. The summed E-state index contributed by atoms with van der Waals surface area (Å²) in [6.45, 7) is 0. The zero-order valence-electron chi connectivity index (χ0n) is 20.3. The van der Waals surface area contributed by atoms with Gasteiger partial charge < -0.3 is 15.6 Å². The third-order valence-corrected chi connectivity index (χ3v) is 7.74. The standard InChI is InChI=1S/C28H21F2N7OS/c29-28(30)11-20(12-28)34-27(38)23-9-16-1-2-17(10-22(16)35-23)25-36-21-7-8-39-24(21)26(37-25)33-19-5-3-15(4-6-19)18-13-31-32-14-18/h1-10,13-14,20,35H,11-12H2,(H,31,32)(H,34,38)(H,33,36,37). The molecule has 1 aliphatic rings. The Labute approximate surface area is 224 Å². The van der Waals surface area contributed by atoms with Crippen molar-refractivity contribution in [2.24, 2.45) is 0 Å². The van der Waals surface area contributed by atoms with Crippen molar-refractivity contribution in [2.75, 3.05) is 5.32 Å². The fourth-order valence-electron chi connectivity index (χ4n) is 4.78. The molecule has 0 radical (unpaired) electrons. The highest BCUT2D eigenvalue weighted by molar-refractivity contribution is 7.17. The molecule has 39 heavy (non-hydrogen) atoms. The van der Waals surface area contributed by atoms with Crippen molar-refractivity contribution >= 4 is 49.9 Å². The van der Waals surface area contributed by atoms with Gasteiger partial charge in [-0.3, -0.25) is 9.89 Å². The first-order chi connectivity index (χ1) is 18.9. The maximum Gasteiger partial charge on any atom is 0.267 e. The summed E-state index contributed by atoms with van der Waals surface area (Å²) >= 11 is 1.56. The second-order valence-corrected chi connectivity index (χ2v) is 10.6. The van der Waals surface area contributed by atoms with E-state index in [0.29, 0.717) is 17.3 Å². The van der Waals surface area contributed by atoms with Crippen LogP contribution in [0.1, 0.15) is 23.3 Å². The largest absolute Gasteiger partial charge is 0.351 e. The van der Waals surface area contributed by atoms with E-state index in [9.17, 15) is 13.6 Å². The summed E-state index contributed by atoms with van der Waals surface area (Å²) in [5.74, 6) is -1.84. The summed E-state index contributed by atoms with van der Waals surface area (Å²) in [6, 6.07) is 16.9. The number of aromatic nitrogens is 5. The molecule has 0 saturated heterocycles. The number of alkyl halides is 2. The Morgan fingerprint density at radius 3 is 2.59 bits per heavy atom. The van der Waals surface area contributed by atoms with Crippen LogP contribution in [0.5, 0.6) is 0 Å². The molecule has 0 unspecified atom stereocenters. The van der Waals surface area contributed by atoms with Gasteiger partial charge in [0, 0.05) is 52.8 Å². The van der Waals surface area contributed by atoms with E-state index in [-0.39, 0.29) is 12.8 Å². The van der Waals surface area contributed by atoms with Crippen LogP contribution in [0.2, 0.25) is 0 Å². The summed E-state index contributed by atoms with van der Waals surface area (Å²) in [6.07, 6.45) is 2.98. The molecule has 4 heterocycles. The average molecular weight is 542 g/mol. The molecular formula is C28H21F2N7OS. The highest BCUT2D eigenvalue weighted by Gasteiger charge is 2.46. The number of nitrogens with zero attached hydrogens (tertiary/aromatic N) is 3. The quantitative estimate of drug-likeness (QED) is 0.192. The number of aromatic amines is 2. The molecule has 4 N–H and O–H groups in total. The van der Waals surface area contributed by atoms with Crippen LogP contribution in [0.4, 0.5) is 20.3 Å². The smallest absolute Gasteiger partial charge is 0.267 e. The minimum atomic E-state index is -2.69. The maximum atomic E-state index is 13.1. The molecule has 6 aromatic rings. The number of rotatable bonds is 6. The topological polar surface area (TPSA) is 111 Å². The van der Waals surface area contributed by atoms with Crippen LogP contribution in [0.3, 0.4) is 0 Å². The number of carbonyl (C=O) groups excluding carboxylic acids is 1. The van der Waals surface area contributed by atoms with Crippen LogP contribution in [-0.4, -0.2) is 43.0 Å². The van der Waals surface area contributed by atoms with Crippen LogP contribution in [0.25, 0.3) is 43.6 Å². The second-order valence-electron chi connectivity index (χ2n) is 9.64. The van der Waals surface area contributed by atoms with Crippen molar-refractivity contribution in [2.45, 2.75) is 24.8 Å². The van der Waals surface area contributed by atoms with Crippen molar-refractivity contribution in [1.82, 2.24) is 30.5 Å². The Morgan fingerprint density at radius 1 is 1.00 bits per heavy atom. The summed E-state index contributed by atoms with van der Waals surface area (Å²) in [5.41, 5.74) is 5.62. The van der Waals surface area contributed by atoms with Crippen molar-refractivity contribution in [3.05, 3.63) is 78.1 Å². The van der Waals surface area contributed by atoms with Crippen LogP contribution in [-0.2, 0) is 0 Å². The predicted molar refractivity (Wildman–Crippen MR) is 147 cm³/mol. The Morgan fingerprint density at radius 2 is 1.82 bits per heavy atom. The number of thiophene rings is 1. The van der Waals surface area contributed by atoms with Gasteiger partial charge in [-0.1, -0.05) is 24.3 Å². The number of nitrogens with one attached hydrogen (secondary N) is 4. The van der Waals surface area contributed by atoms with Gasteiger partial charge in [0.1, 0.15) is 5.69 Å². The summed E-state index contributed by atoms with van der Waals surface area (Å²) < 4.78 is 27.2. The Kier molecular flexibility index (Phi) is 5.41. The van der Waals surface area contributed by atoms with E-state index in [1.807, 2.05) is 60.1 Å². The Bertz CT molecular complexity index is 1820. The normalized spacial score (nSPS) is 14.9. The molecule has 1 amide bonds. The SMILES string of the molecule is O=C(NC1CC(F)(F)C1)c1cc2ccc(-c3nc(Nc4ccc(-c5cn[nH]c5)cc4)c4sccc4n3)cc2[nH]1. The predicted octanol–water partition coefficient (Wildman–Crippen LogP) is 6.50. The Hall–Kier alpha value is -4.64. The molecule has 4 aromatic heterocycles. The van der Waals surface area contributed by atoms with Crippen molar-refractivity contribution < 1.29 is 13.6 Å². The van der Waals surface area contributed by atoms with Gasteiger partial charge in [0.2, 0.25) is 0 Å². The molecule has 1 fully saturated rings. The number of anilines is 2. The zero-order chi connectivity index (χ0) is 26.6. The number of amides is 1. The summed E-state index contributed by atoms with van der Waals surface area (Å²) in [7, 11) is 0. The molecule has 7 rings (SSSR count). The van der Waals surface area contributed by atoms with Crippen molar-refractivity contribution in [3.8, 4) is 22.5 Å². The van der Waals surface area contributed by atoms with Gasteiger partial charge in [-0.25, -0.2) is 18.7 Å². The number of hydrogen-bond donors (Lipinski definition) is 4. The average Bonchev–Trinajstić information content (AvgIpc) is 3.68. The lowest BCUT2D eigenvalue weighted by atomic mass is 9.88. The molecule has 0 spiro atoms. The van der Waals surface area contributed by atoms with E-state index >= 15 is 0 Å². The number of hydrogen-bond acceptors (Lipinski definition) is 6. The minimum Gasteiger partial charge on any atom is -0.351 e. The van der Waals surface area contributed by atoms with Gasteiger partial charge in [-0.15, -0.1) is 11.3 Å². The van der Waals surface area contributed by atoms with E-state index in [2.05, 4.69) is 25.8 Å². The van der Waals surface area contributed by atoms with Gasteiger partial charge in [0.05, 0.1) is 16.4 Å². The first kappa shape index (κ1) is 23.5. The van der Waals surface area contributed by atoms with Crippen LogP contribution >= 0.6 is 11.3 Å². The maximum absolute atomic E-state index is 13.1. The highest BCUT2D eigenvalue weighted by atomic mass is 32.1. The van der Waals surface area contributed by atoms with Gasteiger partial charge >= 0.3 is 0 Å². The zero-order valence-corrected chi connectivity index (χ0v) is 21.2. The number of benzene rings is 2. The number of fused-ring (bicyclic) bond motifs is 2. The van der Waals surface area contributed by atoms with Gasteiger partial charge in [-0.05, 0) is 41.3 Å². The van der Waals surface area contributed by atoms with E-state index in [1.54, 1.807) is 23.6 Å². The lowest BCUT2D eigenvalue weighted by Gasteiger charge is -2.35. The molecule has 0 atom stereocenters. The van der Waals surface area contributed by atoms with Crippen LogP contribution < -0.4 is 10.6 Å². The fourth-order valence-corrected chi connectivity index (χ4v) is 5.56. The highest BCUT2D eigenvalue weighted by Crippen LogP contribution is 2.37. The summed E-state index contributed by atoms with van der Waals surface area (Å²) in [5, 5.41) is 15.7. The lowest BCUT2D eigenvalue weighted by molar-refractivity contribution is -0.0901. The molecule has 194 valence electrons. The van der Waals surface area contributed by atoms with E-state index in [0.717, 1.165) is 43.5 Å². The second kappa shape index (κ2) is 8.98. The van der Waals surface area contributed by atoms with Crippen LogP contribution in [0.15, 0.2) is 72.4 Å². The van der Waals surface area contributed by atoms with E-state index < -0.39 is 17.9 Å². The van der Waals surface area contributed by atoms with Gasteiger partial charge in [0.25, 0.3) is 11.8 Å². The van der Waals surface area contributed by atoms with Crippen LogP contribution in [0, 0.1) is 0 Å². The number of carbonyl (C=O) groups is 1. The monoisotopic (exact) mass is 541 g/mol. The Balaban J connectivity index is 1.16.